The van der Waals surface area contributed by atoms with Gasteiger partial charge in [0.15, 0.2) is 0 Å². The smallest absolute Gasteiger partial charge is 0.233 e. The van der Waals surface area contributed by atoms with Gasteiger partial charge in [0.2, 0.25) is 5.91 Å². The van der Waals surface area contributed by atoms with E-state index in [2.05, 4.69) is 6.07 Å². The number of fused-ring (bicyclic) bond motifs is 2. The van der Waals surface area contributed by atoms with Crippen LogP contribution >= 0.6 is 0 Å². The molecule has 2 atom stereocenters. The van der Waals surface area contributed by atoms with Gasteiger partial charge in [-0.3, -0.25) is 4.79 Å². The second-order valence-corrected chi connectivity index (χ2v) is 5.13. The number of methoxy groups -OCH3 is 1. The molecular formula is C14H17NO2. The molecule has 0 radical (unpaired) electrons. The summed E-state index contributed by atoms with van der Waals surface area (Å²) in [5.41, 5.74) is 0.849. The van der Waals surface area contributed by atoms with Gasteiger partial charge in [0, 0.05) is 13.1 Å². The molecule has 2 bridgehead atoms. The van der Waals surface area contributed by atoms with Gasteiger partial charge in [0.1, 0.15) is 5.75 Å². The number of likely N-dealkylation sites (tertiary alicyclic amines) is 1. The monoisotopic (exact) mass is 231 g/mol. The zero-order valence-electron chi connectivity index (χ0n) is 10.3. The van der Waals surface area contributed by atoms with Crippen molar-refractivity contribution in [1.82, 2.24) is 4.90 Å². The third-order valence-corrected chi connectivity index (χ3v) is 4.39. The number of carbonyl (C=O) groups is 1. The summed E-state index contributed by atoms with van der Waals surface area (Å²) in [6.07, 6.45) is 3.07. The van der Waals surface area contributed by atoms with Gasteiger partial charge in [0.05, 0.1) is 12.5 Å². The van der Waals surface area contributed by atoms with E-state index in [0.29, 0.717) is 6.04 Å². The Morgan fingerprint density at radius 1 is 1.47 bits per heavy atom. The standard InChI is InChI=1S/C14H17NO2/c1-15-11-6-7-14(9-11,13(15)16)10-4-3-5-12(8-10)17-2/h3-5,8,11H,6-7,9H2,1-2H3. The second-order valence-electron chi connectivity index (χ2n) is 5.13. The van der Waals surface area contributed by atoms with Crippen molar-refractivity contribution < 1.29 is 9.53 Å². The molecule has 2 aliphatic rings. The Balaban J connectivity index is 2.05. The minimum atomic E-state index is -0.270. The summed E-state index contributed by atoms with van der Waals surface area (Å²) in [6.45, 7) is 0. The Morgan fingerprint density at radius 3 is 2.94 bits per heavy atom. The topological polar surface area (TPSA) is 29.5 Å². The maximum Gasteiger partial charge on any atom is 0.233 e. The van der Waals surface area contributed by atoms with Crippen molar-refractivity contribution in [1.29, 1.82) is 0 Å². The Morgan fingerprint density at radius 2 is 2.29 bits per heavy atom. The van der Waals surface area contributed by atoms with Crippen LogP contribution in [0.3, 0.4) is 0 Å². The third kappa shape index (κ3) is 1.31. The van der Waals surface area contributed by atoms with Gasteiger partial charge in [-0.1, -0.05) is 12.1 Å². The van der Waals surface area contributed by atoms with Crippen LogP contribution in [0.1, 0.15) is 24.8 Å². The third-order valence-electron chi connectivity index (χ3n) is 4.39. The summed E-state index contributed by atoms with van der Waals surface area (Å²) in [7, 11) is 3.59. The van der Waals surface area contributed by atoms with E-state index >= 15 is 0 Å². The highest BCUT2D eigenvalue weighted by Crippen LogP contribution is 2.50. The van der Waals surface area contributed by atoms with E-state index in [9.17, 15) is 4.79 Å². The van der Waals surface area contributed by atoms with Crippen LogP contribution in [-0.4, -0.2) is 31.0 Å². The Hall–Kier alpha value is -1.51. The summed E-state index contributed by atoms with van der Waals surface area (Å²) >= 11 is 0. The van der Waals surface area contributed by atoms with Crippen LogP contribution in [-0.2, 0) is 10.2 Å². The minimum Gasteiger partial charge on any atom is -0.497 e. The van der Waals surface area contributed by atoms with Crippen molar-refractivity contribution in [2.45, 2.75) is 30.7 Å². The quantitative estimate of drug-likeness (QED) is 0.778. The molecule has 3 nitrogen and oxygen atoms in total. The number of nitrogens with zero attached hydrogens (tertiary/aromatic N) is 1. The Kier molecular flexibility index (Phi) is 2.18. The van der Waals surface area contributed by atoms with Crippen LogP contribution < -0.4 is 4.74 Å². The zero-order valence-corrected chi connectivity index (χ0v) is 10.3. The molecule has 1 aliphatic carbocycles. The van der Waals surface area contributed by atoms with Gasteiger partial charge in [0.25, 0.3) is 0 Å². The minimum absolute atomic E-state index is 0.270. The SMILES string of the molecule is COc1cccc(C23CCC(C2)N(C)C3=O)c1. The molecule has 0 aromatic heterocycles. The fourth-order valence-electron chi connectivity index (χ4n) is 3.35. The van der Waals surface area contributed by atoms with Crippen molar-refractivity contribution in [3.8, 4) is 5.75 Å². The van der Waals surface area contributed by atoms with Crippen LogP contribution in [0.5, 0.6) is 5.75 Å². The van der Waals surface area contributed by atoms with Gasteiger partial charge in [-0.2, -0.15) is 0 Å². The first-order chi connectivity index (χ1) is 8.17. The lowest BCUT2D eigenvalue weighted by atomic mass is 9.79. The molecule has 1 aromatic rings. The number of benzene rings is 1. The summed E-state index contributed by atoms with van der Waals surface area (Å²) in [5, 5.41) is 0. The van der Waals surface area contributed by atoms with Crippen molar-refractivity contribution in [2.75, 3.05) is 14.2 Å². The number of hydrogen-bond acceptors (Lipinski definition) is 2. The number of ether oxygens (including phenoxy) is 1. The largest absolute Gasteiger partial charge is 0.497 e. The fourth-order valence-corrected chi connectivity index (χ4v) is 3.35. The average Bonchev–Trinajstić information content (AvgIpc) is 2.91. The highest BCUT2D eigenvalue weighted by molar-refractivity contribution is 5.91. The average molecular weight is 231 g/mol. The molecule has 0 spiro atoms. The van der Waals surface area contributed by atoms with E-state index in [-0.39, 0.29) is 11.3 Å². The Bertz CT molecular complexity index is 471. The van der Waals surface area contributed by atoms with E-state index in [1.807, 2.05) is 30.1 Å². The van der Waals surface area contributed by atoms with E-state index in [1.165, 1.54) is 0 Å². The van der Waals surface area contributed by atoms with E-state index in [0.717, 1.165) is 30.6 Å². The molecule has 90 valence electrons. The summed E-state index contributed by atoms with van der Waals surface area (Å²) in [5.74, 6) is 1.12. The van der Waals surface area contributed by atoms with Gasteiger partial charge >= 0.3 is 0 Å². The lowest BCUT2D eigenvalue weighted by Gasteiger charge is -2.29. The molecule has 3 heteroatoms. The number of carbonyl (C=O) groups excluding carboxylic acids is 1. The molecule has 17 heavy (non-hydrogen) atoms. The molecule has 3 rings (SSSR count). The molecule has 1 aromatic carbocycles. The molecule has 1 amide bonds. The van der Waals surface area contributed by atoms with Gasteiger partial charge in [-0.25, -0.2) is 0 Å². The normalized spacial score (nSPS) is 31.1. The maximum atomic E-state index is 12.4. The second kappa shape index (κ2) is 3.49. The fraction of sp³-hybridized carbons (Fsp3) is 0.500. The van der Waals surface area contributed by atoms with Crippen LogP contribution in [0.4, 0.5) is 0 Å². The highest BCUT2D eigenvalue weighted by atomic mass is 16.5. The van der Waals surface area contributed by atoms with Gasteiger partial charge in [-0.15, -0.1) is 0 Å². The molecule has 0 N–H and O–H groups in total. The summed E-state index contributed by atoms with van der Waals surface area (Å²) < 4.78 is 5.25. The summed E-state index contributed by atoms with van der Waals surface area (Å²) in [6, 6.07) is 8.41. The lowest BCUT2D eigenvalue weighted by Crippen LogP contribution is -2.40. The van der Waals surface area contributed by atoms with Crippen molar-refractivity contribution in [3.05, 3.63) is 29.8 Å². The molecule has 1 saturated carbocycles. The molecule has 1 saturated heterocycles. The first kappa shape index (κ1) is 10.6. The van der Waals surface area contributed by atoms with Crippen LogP contribution in [0.15, 0.2) is 24.3 Å². The number of hydrogen-bond donors (Lipinski definition) is 0. The van der Waals surface area contributed by atoms with Crippen LogP contribution in [0, 0.1) is 0 Å². The van der Waals surface area contributed by atoms with Crippen molar-refractivity contribution >= 4 is 5.91 Å². The molecule has 2 unspecified atom stereocenters. The lowest BCUT2D eigenvalue weighted by molar-refractivity contribution is -0.134. The molecule has 1 heterocycles. The highest BCUT2D eigenvalue weighted by Gasteiger charge is 2.55. The molecule has 2 fully saturated rings. The predicted molar refractivity (Wildman–Crippen MR) is 65.1 cm³/mol. The number of likely N-dealkylation sites (N-methyl/N-ethyl adjacent to an activating group) is 1. The van der Waals surface area contributed by atoms with E-state index in [4.69, 9.17) is 4.74 Å². The van der Waals surface area contributed by atoms with Crippen molar-refractivity contribution in [3.63, 3.8) is 0 Å². The molecule has 1 aliphatic heterocycles. The number of rotatable bonds is 2. The predicted octanol–water partition coefficient (Wildman–Crippen LogP) is 1.96. The first-order valence-electron chi connectivity index (χ1n) is 6.09. The maximum absolute atomic E-state index is 12.4. The van der Waals surface area contributed by atoms with Gasteiger partial charge in [-0.05, 0) is 37.0 Å². The van der Waals surface area contributed by atoms with Gasteiger partial charge < -0.3 is 9.64 Å². The van der Waals surface area contributed by atoms with Crippen molar-refractivity contribution in [2.24, 2.45) is 0 Å². The zero-order chi connectivity index (χ0) is 12.0. The first-order valence-corrected chi connectivity index (χ1v) is 6.09. The number of amides is 1. The Labute approximate surface area is 101 Å². The van der Waals surface area contributed by atoms with Crippen LogP contribution in [0.2, 0.25) is 0 Å². The molecular weight excluding hydrogens is 214 g/mol. The van der Waals surface area contributed by atoms with E-state index < -0.39 is 0 Å². The van der Waals surface area contributed by atoms with Crippen LogP contribution in [0.25, 0.3) is 0 Å². The number of piperidine rings is 1. The summed E-state index contributed by atoms with van der Waals surface area (Å²) in [4.78, 5) is 14.3. The van der Waals surface area contributed by atoms with E-state index in [1.54, 1.807) is 7.11 Å².